The summed E-state index contributed by atoms with van der Waals surface area (Å²) in [4.78, 5) is 15.9. The molecule has 0 atom stereocenters. The van der Waals surface area contributed by atoms with E-state index in [9.17, 15) is 4.79 Å². The van der Waals surface area contributed by atoms with Crippen molar-refractivity contribution in [2.24, 2.45) is 0 Å². The second kappa shape index (κ2) is 8.60. The fourth-order valence-electron chi connectivity index (χ4n) is 2.10. The second-order valence-corrected chi connectivity index (χ2v) is 6.55. The minimum Gasteiger partial charge on any atom is -0.351 e. The van der Waals surface area contributed by atoms with Crippen LogP contribution in [0, 0.1) is 0 Å². The Kier molecular flexibility index (Phi) is 5.98. The van der Waals surface area contributed by atoms with Gasteiger partial charge in [-0.05, 0) is 35.9 Å². The van der Waals surface area contributed by atoms with Gasteiger partial charge in [0.1, 0.15) is 5.03 Å². The van der Waals surface area contributed by atoms with Gasteiger partial charge in [-0.1, -0.05) is 41.6 Å². The number of hydrogen-bond donors (Lipinski definition) is 1. The zero-order chi connectivity index (χ0) is 17.5. The molecule has 0 aliphatic rings. The molecule has 2 aromatic heterocycles. The van der Waals surface area contributed by atoms with Crippen LogP contribution in [0.3, 0.4) is 0 Å². The first-order valence-electron chi connectivity index (χ1n) is 7.59. The Morgan fingerprint density at radius 2 is 1.84 bits per heavy atom. The molecule has 0 fully saturated rings. The number of carbonyl (C=O) groups excluding carboxylic acids is 1. The summed E-state index contributed by atoms with van der Waals surface area (Å²) in [7, 11) is 0. The quantitative estimate of drug-likeness (QED) is 0.671. The number of benzene rings is 1. The first kappa shape index (κ1) is 17.4. The Labute approximate surface area is 154 Å². The third-order valence-electron chi connectivity index (χ3n) is 3.40. The highest BCUT2D eigenvalue weighted by Gasteiger charge is 2.06. The summed E-state index contributed by atoms with van der Waals surface area (Å²) in [5, 5.41) is 12.5. The van der Waals surface area contributed by atoms with E-state index in [1.807, 2.05) is 42.5 Å². The molecule has 1 N–H and O–H groups in total. The molecule has 7 heteroatoms. The van der Waals surface area contributed by atoms with E-state index in [2.05, 4.69) is 20.5 Å². The fraction of sp³-hybridized carbons (Fsp3) is 0.111. The van der Waals surface area contributed by atoms with Gasteiger partial charge in [-0.15, -0.1) is 10.2 Å². The van der Waals surface area contributed by atoms with Crippen LogP contribution in [-0.2, 0) is 11.3 Å². The molecular weight excluding hydrogens is 356 g/mol. The van der Waals surface area contributed by atoms with Crippen LogP contribution in [0.25, 0.3) is 11.3 Å². The van der Waals surface area contributed by atoms with Crippen molar-refractivity contribution in [2.45, 2.75) is 11.6 Å². The number of halogens is 1. The molecule has 1 aromatic carbocycles. The molecule has 3 aromatic rings. The zero-order valence-electron chi connectivity index (χ0n) is 13.2. The van der Waals surface area contributed by atoms with Crippen molar-refractivity contribution in [3.05, 3.63) is 71.5 Å². The number of amides is 1. The number of hydrogen-bond acceptors (Lipinski definition) is 5. The Morgan fingerprint density at radius 3 is 2.56 bits per heavy atom. The number of nitrogens with zero attached hydrogens (tertiary/aromatic N) is 3. The van der Waals surface area contributed by atoms with Crippen LogP contribution in [0.4, 0.5) is 0 Å². The number of aromatic nitrogens is 3. The summed E-state index contributed by atoms with van der Waals surface area (Å²) in [5.74, 6) is 0.193. The molecule has 0 aliphatic heterocycles. The maximum absolute atomic E-state index is 12.0. The van der Waals surface area contributed by atoms with Crippen LogP contribution in [0.1, 0.15) is 5.56 Å². The van der Waals surface area contributed by atoms with E-state index >= 15 is 0 Å². The molecule has 0 radical (unpaired) electrons. The molecule has 1 amide bonds. The third kappa shape index (κ3) is 5.01. The predicted octanol–water partition coefficient (Wildman–Crippen LogP) is 3.60. The van der Waals surface area contributed by atoms with E-state index in [1.165, 1.54) is 11.8 Å². The molecule has 0 saturated heterocycles. The van der Waals surface area contributed by atoms with Gasteiger partial charge in [0.2, 0.25) is 5.91 Å². The van der Waals surface area contributed by atoms with Crippen molar-refractivity contribution in [1.82, 2.24) is 20.5 Å². The first-order valence-corrected chi connectivity index (χ1v) is 8.96. The smallest absolute Gasteiger partial charge is 0.230 e. The van der Waals surface area contributed by atoms with Crippen LogP contribution in [0.5, 0.6) is 0 Å². The van der Waals surface area contributed by atoms with Crippen molar-refractivity contribution in [1.29, 1.82) is 0 Å². The molecule has 5 nitrogen and oxygen atoms in total. The van der Waals surface area contributed by atoms with Gasteiger partial charge in [0, 0.05) is 29.5 Å². The van der Waals surface area contributed by atoms with Crippen LogP contribution in [-0.4, -0.2) is 26.8 Å². The maximum atomic E-state index is 12.0. The van der Waals surface area contributed by atoms with Crippen LogP contribution >= 0.6 is 23.4 Å². The largest absolute Gasteiger partial charge is 0.351 e. The highest BCUT2D eigenvalue weighted by molar-refractivity contribution is 7.99. The summed E-state index contributed by atoms with van der Waals surface area (Å²) < 4.78 is 0. The minimum absolute atomic E-state index is 0.0788. The van der Waals surface area contributed by atoms with Crippen molar-refractivity contribution in [2.75, 3.05) is 5.75 Å². The SMILES string of the molecule is O=C(CSc1ccc(-c2ccncc2)nn1)NCc1ccccc1Cl. The highest BCUT2D eigenvalue weighted by atomic mass is 35.5. The molecule has 0 saturated carbocycles. The number of nitrogens with one attached hydrogen (secondary N) is 1. The lowest BCUT2D eigenvalue weighted by atomic mass is 10.2. The fourth-order valence-corrected chi connectivity index (χ4v) is 2.95. The lowest BCUT2D eigenvalue weighted by Gasteiger charge is -2.06. The van der Waals surface area contributed by atoms with Gasteiger partial charge in [-0.3, -0.25) is 9.78 Å². The highest BCUT2D eigenvalue weighted by Crippen LogP contribution is 2.19. The van der Waals surface area contributed by atoms with E-state index in [4.69, 9.17) is 11.6 Å². The topological polar surface area (TPSA) is 67.8 Å². The van der Waals surface area contributed by atoms with Crippen molar-refractivity contribution in [3.63, 3.8) is 0 Å². The molecule has 0 bridgehead atoms. The van der Waals surface area contributed by atoms with Gasteiger partial charge < -0.3 is 5.32 Å². The standard InChI is InChI=1S/C18H15ClN4OS/c19-15-4-2-1-3-14(15)11-21-17(24)12-25-18-6-5-16(22-23-18)13-7-9-20-10-8-13/h1-10H,11-12H2,(H,21,24). The normalized spacial score (nSPS) is 10.4. The Balaban J connectivity index is 1.50. The molecule has 126 valence electrons. The lowest BCUT2D eigenvalue weighted by molar-refractivity contribution is -0.118. The first-order chi connectivity index (χ1) is 12.2. The van der Waals surface area contributed by atoms with Gasteiger partial charge in [0.05, 0.1) is 11.4 Å². The number of pyridine rings is 1. The predicted molar refractivity (Wildman–Crippen MR) is 99.3 cm³/mol. The van der Waals surface area contributed by atoms with Crippen LogP contribution < -0.4 is 5.32 Å². The van der Waals surface area contributed by atoms with Crippen LogP contribution in [0.2, 0.25) is 5.02 Å². The Bertz CT molecular complexity index is 843. The molecule has 2 heterocycles. The third-order valence-corrected chi connectivity index (χ3v) is 4.69. The Hall–Kier alpha value is -2.44. The van der Waals surface area contributed by atoms with E-state index in [0.29, 0.717) is 16.6 Å². The van der Waals surface area contributed by atoms with Gasteiger partial charge in [0.25, 0.3) is 0 Å². The molecule has 25 heavy (non-hydrogen) atoms. The van der Waals surface area contributed by atoms with Gasteiger partial charge in [0.15, 0.2) is 0 Å². The van der Waals surface area contributed by atoms with Crippen molar-refractivity contribution >= 4 is 29.3 Å². The summed E-state index contributed by atoms with van der Waals surface area (Å²) in [6, 6.07) is 14.9. The van der Waals surface area contributed by atoms with E-state index < -0.39 is 0 Å². The second-order valence-electron chi connectivity index (χ2n) is 5.15. The van der Waals surface area contributed by atoms with E-state index in [-0.39, 0.29) is 11.7 Å². The summed E-state index contributed by atoms with van der Waals surface area (Å²) in [6.07, 6.45) is 3.42. The number of carbonyl (C=O) groups is 1. The zero-order valence-corrected chi connectivity index (χ0v) is 14.8. The molecule has 0 aliphatic carbocycles. The molecule has 0 unspecified atom stereocenters. The molecule has 3 rings (SSSR count). The van der Waals surface area contributed by atoms with Gasteiger partial charge >= 0.3 is 0 Å². The Morgan fingerprint density at radius 1 is 1.04 bits per heavy atom. The summed E-state index contributed by atoms with van der Waals surface area (Å²) in [6.45, 7) is 0.408. The molecule has 0 spiro atoms. The maximum Gasteiger partial charge on any atom is 0.230 e. The number of thioether (sulfide) groups is 1. The van der Waals surface area contributed by atoms with E-state index in [1.54, 1.807) is 18.5 Å². The van der Waals surface area contributed by atoms with Crippen molar-refractivity contribution in [3.8, 4) is 11.3 Å². The summed E-state index contributed by atoms with van der Waals surface area (Å²) in [5.41, 5.74) is 2.62. The van der Waals surface area contributed by atoms with Gasteiger partial charge in [-0.2, -0.15) is 0 Å². The van der Waals surface area contributed by atoms with Crippen LogP contribution in [0.15, 0.2) is 66.0 Å². The lowest BCUT2D eigenvalue weighted by Crippen LogP contribution is -2.24. The minimum atomic E-state index is -0.0788. The average molecular weight is 371 g/mol. The monoisotopic (exact) mass is 370 g/mol. The number of rotatable bonds is 6. The summed E-state index contributed by atoms with van der Waals surface area (Å²) >= 11 is 7.41. The van der Waals surface area contributed by atoms with E-state index in [0.717, 1.165) is 16.8 Å². The molecular formula is C18H15ClN4OS. The van der Waals surface area contributed by atoms with Crippen molar-refractivity contribution < 1.29 is 4.79 Å². The van der Waals surface area contributed by atoms with Gasteiger partial charge in [-0.25, -0.2) is 0 Å². The average Bonchev–Trinajstić information content (AvgIpc) is 2.67.